The van der Waals surface area contributed by atoms with Gasteiger partial charge in [0.1, 0.15) is 5.56 Å². The predicted octanol–water partition coefficient (Wildman–Crippen LogP) is 1.65. The SMILES string of the molecule is CO[C@@]12CC[C@@H](O)C[C@@H]1N(C(=O)c1ccc(C(C)C)n(C)c1=O)CC2. The van der Waals surface area contributed by atoms with Crippen molar-refractivity contribution in [3.8, 4) is 0 Å². The molecule has 1 aromatic rings. The second-order valence-electron chi connectivity index (χ2n) is 7.65. The van der Waals surface area contributed by atoms with Gasteiger partial charge in [-0.15, -0.1) is 0 Å². The van der Waals surface area contributed by atoms with Crippen LogP contribution in [0, 0.1) is 0 Å². The van der Waals surface area contributed by atoms with E-state index in [9.17, 15) is 14.7 Å². The van der Waals surface area contributed by atoms with Crippen molar-refractivity contribution in [1.29, 1.82) is 0 Å². The molecule has 1 saturated heterocycles. The lowest BCUT2D eigenvalue weighted by Crippen LogP contribution is -2.53. The summed E-state index contributed by atoms with van der Waals surface area (Å²) in [5, 5.41) is 10.1. The molecule has 3 rings (SSSR count). The van der Waals surface area contributed by atoms with Gasteiger partial charge in [0.25, 0.3) is 11.5 Å². The lowest BCUT2D eigenvalue weighted by Gasteiger charge is -2.42. The molecular weight excluding hydrogens is 320 g/mol. The van der Waals surface area contributed by atoms with Gasteiger partial charge in [0.15, 0.2) is 0 Å². The third kappa shape index (κ3) is 2.91. The van der Waals surface area contributed by atoms with Crippen LogP contribution in [-0.4, -0.2) is 51.9 Å². The van der Waals surface area contributed by atoms with E-state index in [1.807, 2.05) is 19.9 Å². The zero-order valence-corrected chi connectivity index (χ0v) is 15.5. The van der Waals surface area contributed by atoms with Gasteiger partial charge in [-0.1, -0.05) is 13.8 Å². The van der Waals surface area contributed by atoms with Crippen LogP contribution >= 0.6 is 0 Å². The monoisotopic (exact) mass is 348 g/mol. The van der Waals surface area contributed by atoms with E-state index in [2.05, 4.69) is 0 Å². The first-order chi connectivity index (χ1) is 11.8. The van der Waals surface area contributed by atoms with E-state index in [0.717, 1.165) is 18.5 Å². The standard InChI is InChI=1S/C19H28N2O4/c1-12(2)15-6-5-14(17(23)20(15)3)18(24)21-10-9-19(25-4)8-7-13(22)11-16(19)21/h5-6,12-13,16,22H,7-11H2,1-4H3/t13-,16+,19-/m1/s1. The Bertz CT molecular complexity index is 727. The average molecular weight is 348 g/mol. The summed E-state index contributed by atoms with van der Waals surface area (Å²) >= 11 is 0. The van der Waals surface area contributed by atoms with E-state index in [4.69, 9.17) is 4.74 Å². The number of aromatic nitrogens is 1. The number of carbonyl (C=O) groups is 1. The molecule has 3 atom stereocenters. The van der Waals surface area contributed by atoms with E-state index < -0.39 is 11.7 Å². The summed E-state index contributed by atoms with van der Waals surface area (Å²) in [4.78, 5) is 27.5. The fraction of sp³-hybridized carbons (Fsp3) is 0.684. The number of aliphatic hydroxyl groups excluding tert-OH is 1. The number of rotatable bonds is 3. The van der Waals surface area contributed by atoms with Crippen molar-refractivity contribution >= 4 is 5.91 Å². The Labute approximate surface area is 148 Å². The maximum absolute atomic E-state index is 13.1. The van der Waals surface area contributed by atoms with Crippen LogP contribution in [0.3, 0.4) is 0 Å². The summed E-state index contributed by atoms with van der Waals surface area (Å²) in [7, 11) is 3.39. The van der Waals surface area contributed by atoms with Gasteiger partial charge in [-0.25, -0.2) is 0 Å². The Hall–Kier alpha value is -1.66. The molecule has 1 aromatic heterocycles. The Balaban J connectivity index is 1.94. The first kappa shape index (κ1) is 18.1. The third-order valence-electron chi connectivity index (χ3n) is 5.99. The van der Waals surface area contributed by atoms with Crippen LogP contribution in [0.25, 0.3) is 0 Å². The third-order valence-corrected chi connectivity index (χ3v) is 5.99. The molecule has 0 aromatic carbocycles. The highest BCUT2D eigenvalue weighted by Crippen LogP contribution is 2.42. The number of carbonyl (C=O) groups excluding carboxylic acids is 1. The molecule has 138 valence electrons. The van der Waals surface area contributed by atoms with E-state index >= 15 is 0 Å². The van der Waals surface area contributed by atoms with Gasteiger partial charge >= 0.3 is 0 Å². The highest BCUT2D eigenvalue weighted by Gasteiger charge is 2.52. The highest BCUT2D eigenvalue weighted by molar-refractivity contribution is 5.94. The smallest absolute Gasteiger partial charge is 0.263 e. The molecule has 6 nitrogen and oxygen atoms in total. The number of likely N-dealkylation sites (tertiary alicyclic amines) is 1. The number of nitrogens with zero attached hydrogens (tertiary/aromatic N) is 2. The summed E-state index contributed by atoms with van der Waals surface area (Å²) < 4.78 is 7.35. The molecule has 1 aliphatic heterocycles. The Morgan fingerprint density at radius 2 is 2.08 bits per heavy atom. The molecular formula is C19H28N2O4. The van der Waals surface area contributed by atoms with E-state index in [1.54, 1.807) is 29.7 Å². The Morgan fingerprint density at radius 3 is 2.72 bits per heavy atom. The van der Waals surface area contributed by atoms with E-state index in [0.29, 0.717) is 19.4 Å². The van der Waals surface area contributed by atoms with Crippen molar-refractivity contribution in [3.05, 3.63) is 33.7 Å². The van der Waals surface area contributed by atoms with E-state index in [1.165, 1.54) is 0 Å². The Morgan fingerprint density at radius 1 is 1.36 bits per heavy atom. The minimum Gasteiger partial charge on any atom is -0.393 e. The molecule has 2 heterocycles. The number of hydrogen-bond acceptors (Lipinski definition) is 4. The molecule has 1 saturated carbocycles. The van der Waals surface area contributed by atoms with Crippen LogP contribution in [0.1, 0.15) is 61.5 Å². The average Bonchev–Trinajstić information content (AvgIpc) is 2.95. The lowest BCUT2D eigenvalue weighted by atomic mass is 9.79. The number of hydrogen-bond donors (Lipinski definition) is 1. The molecule has 25 heavy (non-hydrogen) atoms. The molecule has 1 N–H and O–H groups in total. The van der Waals surface area contributed by atoms with Crippen LogP contribution in [0.2, 0.25) is 0 Å². The number of ether oxygens (including phenoxy) is 1. The summed E-state index contributed by atoms with van der Waals surface area (Å²) in [6.07, 6.45) is 2.26. The van der Waals surface area contributed by atoms with Crippen LogP contribution < -0.4 is 5.56 Å². The molecule has 0 radical (unpaired) electrons. The lowest BCUT2D eigenvalue weighted by molar-refractivity contribution is -0.0824. The molecule has 2 fully saturated rings. The minimum absolute atomic E-state index is 0.178. The Kier molecular flexibility index (Phi) is 4.77. The maximum Gasteiger partial charge on any atom is 0.263 e. The number of fused-ring (bicyclic) bond motifs is 1. The topological polar surface area (TPSA) is 71.8 Å². The summed E-state index contributed by atoms with van der Waals surface area (Å²) in [5.74, 6) is -0.0443. The van der Waals surface area contributed by atoms with Crippen molar-refractivity contribution in [2.75, 3.05) is 13.7 Å². The van der Waals surface area contributed by atoms with Crippen molar-refractivity contribution in [1.82, 2.24) is 9.47 Å². The number of methoxy groups -OCH3 is 1. The van der Waals surface area contributed by atoms with Crippen LogP contribution in [0.5, 0.6) is 0 Å². The zero-order valence-electron chi connectivity index (χ0n) is 15.5. The largest absolute Gasteiger partial charge is 0.393 e. The van der Waals surface area contributed by atoms with Gasteiger partial charge < -0.3 is 19.3 Å². The van der Waals surface area contributed by atoms with Crippen molar-refractivity contribution < 1.29 is 14.6 Å². The molecule has 0 spiro atoms. The molecule has 0 unspecified atom stereocenters. The molecule has 2 aliphatic rings. The normalized spacial score (nSPS) is 29.1. The van der Waals surface area contributed by atoms with Gasteiger partial charge in [-0.2, -0.15) is 0 Å². The number of aliphatic hydroxyl groups is 1. The second-order valence-corrected chi connectivity index (χ2v) is 7.65. The van der Waals surface area contributed by atoms with Gasteiger partial charge in [-0.05, 0) is 43.7 Å². The molecule has 1 aliphatic carbocycles. The first-order valence-electron chi connectivity index (χ1n) is 9.05. The zero-order chi connectivity index (χ0) is 18.4. The van der Waals surface area contributed by atoms with Crippen molar-refractivity contribution in [2.24, 2.45) is 7.05 Å². The van der Waals surface area contributed by atoms with Crippen molar-refractivity contribution in [2.45, 2.75) is 63.2 Å². The van der Waals surface area contributed by atoms with Crippen LogP contribution in [0.15, 0.2) is 16.9 Å². The molecule has 6 heteroatoms. The van der Waals surface area contributed by atoms with Crippen LogP contribution in [-0.2, 0) is 11.8 Å². The number of pyridine rings is 1. The van der Waals surface area contributed by atoms with Crippen molar-refractivity contribution in [3.63, 3.8) is 0 Å². The second kappa shape index (κ2) is 6.57. The molecule has 0 bridgehead atoms. The number of amides is 1. The van der Waals surface area contributed by atoms with E-state index in [-0.39, 0.29) is 29.0 Å². The maximum atomic E-state index is 13.1. The first-order valence-corrected chi connectivity index (χ1v) is 9.05. The summed E-state index contributed by atoms with van der Waals surface area (Å²) in [6, 6.07) is 3.32. The fourth-order valence-corrected chi connectivity index (χ4v) is 4.47. The van der Waals surface area contributed by atoms with Crippen LogP contribution in [0.4, 0.5) is 0 Å². The fourth-order valence-electron chi connectivity index (χ4n) is 4.47. The van der Waals surface area contributed by atoms with Gasteiger partial charge in [0.2, 0.25) is 0 Å². The van der Waals surface area contributed by atoms with Gasteiger partial charge in [-0.3, -0.25) is 9.59 Å². The summed E-state index contributed by atoms with van der Waals surface area (Å²) in [5.41, 5.74) is 0.446. The predicted molar refractivity (Wildman–Crippen MR) is 94.8 cm³/mol. The highest BCUT2D eigenvalue weighted by atomic mass is 16.5. The molecule has 1 amide bonds. The van der Waals surface area contributed by atoms with Gasteiger partial charge in [0.05, 0.1) is 17.7 Å². The quantitative estimate of drug-likeness (QED) is 0.902. The minimum atomic E-state index is -0.423. The van der Waals surface area contributed by atoms with Gasteiger partial charge in [0, 0.05) is 26.4 Å². The summed E-state index contributed by atoms with van der Waals surface area (Å²) in [6.45, 7) is 4.60.